The van der Waals surface area contributed by atoms with Crippen molar-refractivity contribution in [2.24, 2.45) is 0 Å². The van der Waals surface area contributed by atoms with Crippen LogP contribution in [0.4, 0.5) is 0 Å². The van der Waals surface area contributed by atoms with Crippen LogP contribution in [0.3, 0.4) is 0 Å². The highest BCUT2D eigenvalue weighted by Gasteiger charge is 2.25. The molecule has 0 unspecified atom stereocenters. The molecule has 0 spiro atoms. The Labute approximate surface area is 198 Å². The number of benzene rings is 1. The van der Waals surface area contributed by atoms with E-state index in [1.807, 2.05) is 19.9 Å². The van der Waals surface area contributed by atoms with Gasteiger partial charge in [-0.15, -0.1) is 5.10 Å². The molecule has 4 rings (SSSR count). The molecule has 1 aliphatic rings. The SMILES string of the molecule is Cc1cc(C)n(-c2ccc(=O)n(CCNC(=O)c3ccc(S(=O)(=O)N4CCCCC4)cc3)n2)n1. The number of carbonyl (C=O) groups excluding carboxylic acids is 1. The van der Waals surface area contributed by atoms with Gasteiger partial charge in [-0.3, -0.25) is 9.59 Å². The van der Waals surface area contributed by atoms with Crippen molar-refractivity contribution >= 4 is 15.9 Å². The monoisotopic (exact) mass is 484 g/mol. The molecule has 10 nitrogen and oxygen atoms in total. The third-order valence-electron chi connectivity index (χ3n) is 5.76. The van der Waals surface area contributed by atoms with Crippen molar-refractivity contribution in [3.05, 3.63) is 69.8 Å². The van der Waals surface area contributed by atoms with E-state index in [9.17, 15) is 18.0 Å². The van der Waals surface area contributed by atoms with Gasteiger partial charge in [0.2, 0.25) is 10.0 Å². The lowest BCUT2D eigenvalue weighted by atomic mass is 10.2. The summed E-state index contributed by atoms with van der Waals surface area (Å²) in [7, 11) is -3.54. The number of nitrogens with one attached hydrogen (secondary N) is 1. The molecule has 3 aromatic rings. The molecule has 0 atom stereocenters. The summed E-state index contributed by atoms with van der Waals surface area (Å²) in [4.78, 5) is 24.9. The largest absolute Gasteiger partial charge is 0.350 e. The van der Waals surface area contributed by atoms with E-state index in [0.717, 1.165) is 30.7 Å². The molecule has 0 saturated carbocycles. The van der Waals surface area contributed by atoms with E-state index in [4.69, 9.17) is 0 Å². The lowest BCUT2D eigenvalue weighted by molar-refractivity contribution is 0.0951. The summed E-state index contributed by atoms with van der Waals surface area (Å²) in [5.41, 5.74) is 1.80. The van der Waals surface area contributed by atoms with E-state index in [-0.39, 0.29) is 29.5 Å². The molecule has 0 bridgehead atoms. The first-order valence-corrected chi connectivity index (χ1v) is 12.7. The Balaban J connectivity index is 1.38. The Kier molecular flexibility index (Phi) is 6.94. The Morgan fingerprint density at radius 2 is 1.71 bits per heavy atom. The molecule has 34 heavy (non-hydrogen) atoms. The number of hydrogen-bond donors (Lipinski definition) is 1. The van der Waals surface area contributed by atoms with Crippen LogP contribution >= 0.6 is 0 Å². The number of aryl methyl sites for hydroxylation is 2. The van der Waals surface area contributed by atoms with E-state index in [0.29, 0.717) is 24.5 Å². The first kappa shape index (κ1) is 23.8. The Morgan fingerprint density at radius 3 is 2.35 bits per heavy atom. The average Bonchev–Trinajstić information content (AvgIpc) is 3.18. The number of aromatic nitrogens is 4. The van der Waals surface area contributed by atoms with E-state index in [2.05, 4.69) is 15.5 Å². The molecule has 3 heterocycles. The maximum Gasteiger partial charge on any atom is 0.266 e. The molecule has 1 N–H and O–H groups in total. The van der Waals surface area contributed by atoms with Crippen LogP contribution in [0.25, 0.3) is 5.82 Å². The fraction of sp³-hybridized carbons (Fsp3) is 0.391. The highest BCUT2D eigenvalue weighted by molar-refractivity contribution is 7.89. The lowest BCUT2D eigenvalue weighted by Gasteiger charge is -2.25. The Morgan fingerprint density at radius 1 is 1.00 bits per heavy atom. The molecule has 2 aromatic heterocycles. The third-order valence-corrected chi connectivity index (χ3v) is 7.67. The minimum atomic E-state index is -3.54. The Bertz CT molecular complexity index is 1340. The van der Waals surface area contributed by atoms with Gasteiger partial charge in [0.1, 0.15) is 0 Å². The normalized spacial score (nSPS) is 14.8. The van der Waals surface area contributed by atoms with E-state index >= 15 is 0 Å². The summed E-state index contributed by atoms with van der Waals surface area (Å²) in [6.07, 6.45) is 2.77. The van der Waals surface area contributed by atoms with Crippen LogP contribution in [0.1, 0.15) is 41.0 Å². The molecule has 1 fully saturated rings. The summed E-state index contributed by atoms with van der Waals surface area (Å²) in [6, 6.07) is 10.9. The van der Waals surface area contributed by atoms with Gasteiger partial charge in [0, 0.05) is 37.0 Å². The molecule has 1 aromatic carbocycles. The first-order valence-electron chi connectivity index (χ1n) is 11.3. The van der Waals surface area contributed by atoms with E-state index in [1.165, 1.54) is 39.3 Å². The van der Waals surface area contributed by atoms with Crippen molar-refractivity contribution in [1.82, 2.24) is 29.2 Å². The van der Waals surface area contributed by atoms with Crippen molar-refractivity contribution in [1.29, 1.82) is 0 Å². The minimum Gasteiger partial charge on any atom is -0.350 e. The zero-order valence-electron chi connectivity index (χ0n) is 19.3. The van der Waals surface area contributed by atoms with Crippen LogP contribution in [0.5, 0.6) is 0 Å². The fourth-order valence-corrected chi connectivity index (χ4v) is 5.50. The second-order valence-electron chi connectivity index (χ2n) is 8.34. The third kappa shape index (κ3) is 5.10. The number of amides is 1. The second-order valence-corrected chi connectivity index (χ2v) is 10.3. The van der Waals surface area contributed by atoms with Crippen molar-refractivity contribution in [2.75, 3.05) is 19.6 Å². The van der Waals surface area contributed by atoms with Gasteiger partial charge in [0.05, 0.1) is 17.1 Å². The molecular weight excluding hydrogens is 456 g/mol. The van der Waals surface area contributed by atoms with Crippen LogP contribution in [0.15, 0.2) is 52.2 Å². The van der Waals surface area contributed by atoms with Crippen molar-refractivity contribution in [2.45, 2.75) is 44.6 Å². The molecule has 0 radical (unpaired) electrons. The fourth-order valence-electron chi connectivity index (χ4n) is 3.98. The van der Waals surface area contributed by atoms with Gasteiger partial charge in [-0.1, -0.05) is 6.42 Å². The molecular formula is C23H28N6O4S. The van der Waals surface area contributed by atoms with Crippen LogP contribution in [0, 0.1) is 13.8 Å². The topological polar surface area (TPSA) is 119 Å². The smallest absolute Gasteiger partial charge is 0.266 e. The van der Waals surface area contributed by atoms with Crippen molar-refractivity contribution in [3.63, 3.8) is 0 Å². The molecule has 0 aliphatic carbocycles. The van der Waals surface area contributed by atoms with Gasteiger partial charge >= 0.3 is 0 Å². The summed E-state index contributed by atoms with van der Waals surface area (Å²) >= 11 is 0. The summed E-state index contributed by atoms with van der Waals surface area (Å²) in [5, 5.41) is 11.5. The van der Waals surface area contributed by atoms with Crippen LogP contribution < -0.4 is 10.9 Å². The molecule has 180 valence electrons. The number of carbonyl (C=O) groups is 1. The molecule has 1 aliphatic heterocycles. The van der Waals surface area contributed by atoms with Gasteiger partial charge in [-0.25, -0.2) is 17.8 Å². The maximum absolute atomic E-state index is 12.8. The summed E-state index contributed by atoms with van der Waals surface area (Å²) < 4.78 is 30.0. The lowest BCUT2D eigenvalue weighted by Crippen LogP contribution is -2.35. The first-order chi connectivity index (χ1) is 16.3. The average molecular weight is 485 g/mol. The quantitative estimate of drug-likeness (QED) is 0.545. The predicted molar refractivity (Wildman–Crippen MR) is 126 cm³/mol. The van der Waals surface area contributed by atoms with Gasteiger partial charge in [0.15, 0.2) is 5.82 Å². The van der Waals surface area contributed by atoms with Crippen LogP contribution in [-0.4, -0.2) is 57.8 Å². The zero-order valence-corrected chi connectivity index (χ0v) is 20.1. The maximum atomic E-state index is 12.8. The summed E-state index contributed by atoms with van der Waals surface area (Å²) in [6.45, 7) is 5.20. The highest BCUT2D eigenvalue weighted by Crippen LogP contribution is 2.20. The van der Waals surface area contributed by atoms with Crippen LogP contribution in [0.2, 0.25) is 0 Å². The van der Waals surface area contributed by atoms with Gasteiger partial charge in [0.25, 0.3) is 11.5 Å². The predicted octanol–water partition coefficient (Wildman–Crippen LogP) is 1.65. The number of hydrogen-bond acceptors (Lipinski definition) is 6. The standard InChI is InChI=1S/C23H28N6O4S/c1-17-16-18(2)29(25-17)21-10-11-22(30)28(26-21)15-12-24-23(31)19-6-8-20(9-7-19)34(32,33)27-13-4-3-5-14-27/h6-11,16H,3-5,12-15H2,1-2H3,(H,24,31). The molecule has 1 amide bonds. The van der Waals surface area contributed by atoms with Crippen molar-refractivity contribution in [3.8, 4) is 5.82 Å². The second kappa shape index (κ2) is 9.90. The van der Waals surface area contributed by atoms with E-state index < -0.39 is 10.0 Å². The number of sulfonamides is 1. The molecule has 1 saturated heterocycles. The molecule has 11 heteroatoms. The number of rotatable bonds is 7. The van der Waals surface area contributed by atoms with Gasteiger partial charge < -0.3 is 5.32 Å². The number of piperidine rings is 1. The van der Waals surface area contributed by atoms with Gasteiger partial charge in [-0.2, -0.15) is 9.40 Å². The highest BCUT2D eigenvalue weighted by atomic mass is 32.2. The van der Waals surface area contributed by atoms with E-state index in [1.54, 1.807) is 10.7 Å². The minimum absolute atomic E-state index is 0.180. The zero-order chi connectivity index (χ0) is 24.3. The summed E-state index contributed by atoms with van der Waals surface area (Å²) in [5.74, 6) is 0.159. The van der Waals surface area contributed by atoms with Gasteiger partial charge in [-0.05, 0) is 63.1 Å². The number of nitrogens with zero attached hydrogens (tertiary/aromatic N) is 5. The van der Waals surface area contributed by atoms with Crippen LogP contribution in [-0.2, 0) is 16.6 Å². The van der Waals surface area contributed by atoms with Crippen molar-refractivity contribution < 1.29 is 13.2 Å². The Hall–Kier alpha value is -3.31.